The maximum Gasteiger partial charge on any atom is 0.230 e. The van der Waals surface area contributed by atoms with Gasteiger partial charge < -0.3 is 4.42 Å². The van der Waals surface area contributed by atoms with E-state index in [-0.39, 0.29) is 5.41 Å². The van der Waals surface area contributed by atoms with Gasteiger partial charge in [0.25, 0.3) is 0 Å². The molecule has 2 aromatic rings. The molecule has 0 unspecified atom stereocenters. The quantitative estimate of drug-likeness (QED) is 0.627. The smallest absolute Gasteiger partial charge is 0.230 e. The minimum atomic E-state index is -0.0377. The summed E-state index contributed by atoms with van der Waals surface area (Å²) in [5.74, 6) is 0.870. The lowest BCUT2D eigenvalue weighted by Gasteiger charge is -2.13. The summed E-state index contributed by atoms with van der Waals surface area (Å²) in [5, 5.41) is 1.22. The summed E-state index contributed by atoms with van der Waals surface area (Å²) in [6.45, 7) is 6.23. The first-order chi connectivity index (χ1) is 6.48. The van der Waals surface area contributed by atoms with Gasteiger partial charge in [-0.25, -0.2) is 9.97 Å². The molecule has 3 nitrogen and oxygen atoms in total. The number of halogens is 1. The number of fused-ring (bicyclic) bond motifs is 1. The Hall–Kier alpha value is -1.09. The third kappa shape index (κ3) is 1.48. The first-order valence-corrected chi connectivity index (χ1v) is 4.77. The lowest BCUT2D eigenvalue weighted by molar-refractivity contribution is 0.426. The highest BCUT2D eigenvalue weighted by Gasteiger charge is 2.20. The summed E-state index contributed by atoms with van der Waals surface area (Å²) in [7, 11) is 0. The summed E-state index contributed by atoms with van der Waals surface area (Å²) in [6, 6.07) is 1.90. The summed E-state index contributed by atoms with van der Waals surface area (Å²) in [6.07, 6.45) is 1.40. The van der Waals surface area contributed by atoms with Crippen molar-refractivity contribution in [1.82, 2.24) is 9.97 Å². The second-order valence-electron chi connectivity index (χ2n) is 4.24. The van der Waals surface area contributed by atoms with Gasteiger partial charge in [-0.15, -0.1) is 0 Å². The van der Waals surface area contributed by atoms with Gasteiger partial charge in [-0.2, -0.15) is 0 Å². The monoisotopic (exact) mass is 210 g/mol. The van der Waals surface area contributed by atoms with Crippen LogP contribution in [0.25, 0.3) is 11.1 Å². The molecule has 0 spiro atoms. The van der Waals surface area contributed by atoms with Gasteiger partial charge in [0.2, 0.25) is 5.71 Å². The van der Waals surface area contributed by atoms with Gasteiger partial charge in [0, 0.05) is 5.41 Å². The van der Waals surface area contributed by atoms with Crippen LogP contribution in [-0.2, 0) is 5.41 Å². The molecule has 2 rings (SSSR count). The Morgan fingerprint density at radius 3 is 2.57 bits per heavy atom. The lowest BCUT2D eigenvalue weighted by Crippen LogP contribution is -2.08. The van der Waals surface area contributed by atoms with E-state index in [0.717, 1.165) is 11.1 Å². The van der Waals surface area contributed by atoms with Crippen LogP contribution in [0.2, 0.25) is 5.15 Å². The molecule has 0 aliphatic heterocycles. The SMILES string of the molecule is CC(C)(C)c1cc2c(Cl)ncnc2o1. The zero-order chi connectivity index (χ0) is 10.3. The van der Waals surface area contributed by atoms with E-state index in [1.54, 1.807) is 0 Å². The zero-order valence-corrected chi connectivity index (χ0v) is 9.09. The summed E-state index contributed by atoms with van der Waals surface area (Å²) in [5.41, 5.74) is 0.513. The van der Waals surface area contributed by atoms with Crippen molar-refractivity contribution < 1.29 is 4.42 Å². The van der Waals surface area contributed by atoms with Gasteiger partial charge in [0.05, 0.1) is 5.39 Å². The Labute approximate surface area is 87.1 Å². The number of furan rings is 1. The van der Waals surface area contributed by atoms with Crippen LogP contribution in [0.4, 0.5) is 0 Å². The van der Waals surface area contributed by atoms with Crippen molar-refractivity contribution in [2.75, 3.05) is 0 Å². The van der Waals surface area contributed by atoms with Gasteiger partial charge >= 0.3 is 0 Å². The van der Waals surface area contributed by atoms with E-state index in [0.29, 0.717) is 10.9 Å². The highest BCUT2D eigenvalue weighted by Crippen LogP contribution is 2.30. The van der Waals surface area contributed by atoms with Crippen LogP contribution in [0.15, 0.2) is 16.8 Å². The molecular weight excluding hydrogens is 200 g/mol. The molecule has 2 aromatic heterocycles. The molecule has 2 heterocycles. The molecule has 0 amide bonds. The Balaban J connectivity index is 2.69. The van der Waals surface area contributed by atoms with Crippen molar-refractivity contribution >= 4 is 22.7 Å². The van der Waals surface area contributed by atoms with Gasteiger partial charge in [-0.3, -0.25) is 0 Å². The predicted molar refractivity (Wildman–Crippen MR) is 55.5 cm³/mol. The molecule has 0 saturated carbocycles. The molecule has 0 aromatic carbocycles. The van der Waals surface area contributed by atoms with E-state index in [9.17, 15) is 0 Å². The first kappa shape index (κ1) is 9.46. The van der Waals surface area contributed by atoms with E-state index in [1.807, 2.05) is 6.07 Å². The van der Waals surface area contributed by atoms with Crippen molar-refractivity contribution in [3.8, 4) is 0 Å². The fourth-order valence-corrected chi connectivity index (χ4v) is 1.38. The molecule has 0 atom stereocenters. The van der Waals surface area contributed by atoms with Crippen LogP contribution in [0.3, 0.4) is 0 Å². The maximum atomic E-state index is 5.91. The molecule has 74 valence electrons. The van der Waals surface area contributed by atoms with E-state index >= 15 is 0 Å². The molecule has 14 heavy (non-hydrogen) atoms. The average molecular weight is 211 g/mol. The standard InChI is InChI=1S/C10H11ClN2O/c1-10(2,3)7-4-6-8(11)12-5-13-9(6)14-7/h4-5H,1-3H3. The minimum Gasteiger partial charge on any atom is -0.442 e. The van der Waals surface area contributed by atoms with E-state index in [4.69, 9.17) is 16.0 Å². The Morgan fingerprint density at radius 2 is 2.00 bits per heavy atom. The second kappa shape index (κ2) is 2.95. The summed E-state index contributed by atoms with van der Waals surface area (Å²) in [4.78, 5) is 7.91. The number of rotatable bonds is 0. The van der Waals surface area contributed by atoms with Crippen LogP contribution in [0.5, 0.6) is 0 Å². The van der Waals surface area contributed by atoms with Gasteiger partial charge in [-0.1, -0.05) is 32.4 Å². The predicted octanol–water partition coefficient (Wildman–Crippen LogP) is 3.17. The Bertz CT molecular complexity index is 470. The number of hydrogen-bond donors (Lipinski definition) is 0. The van der Waals surface area contributed by atoms with Gasteiger partial charge in [0.1, 0.15) is 17.2 Å². The third-order valence-electron chi connectivity index (χ3n) is 2.02. The molecule has 0 N–H and O–H groups in total. The molecule has 0 radical (unpaired) electrons. The fraction of sp³-hybridized carbons (Fsp3) is 0.400. The van der Waals surface area contributed by atoms with Crippen LogP contribution in [0, 0.1) is 0 Å². The van der Waals surface area contributed by atoms with Crippen molar-refractivity contribution in [3.63, 3.8) is 0 Å². The maximum absolute atomic E-state index is 5.91. The normalized spacial score (nSPS) is 12.3. The number of aromatic nitrogens is 2. The van der Waals surface area contributed by atoms with Gasteiger partial charge in [-0.05, 0) is 6.07 Å². The molecule has 0 fully saturated rings. The molecule has 0 aliphatic rings. The van der Waals surface area contributed by atoms with E-state index in [1.165, 1.54) is 6.33 Å². The zero-order valence-electron chi connectivity index (χ0n) is 8.34. The average Bonchev–Trinajstić information content (AvgIpc) is 2.48. The molecule has 0 aliphatic carbocycles. The Morgan fingerprint density at radius 1 is 1.29 bits per heavy atom. The lowest BCUT2D eigenvalue weighted by atomic mass is 9.93. The Kier molecular flexibility index (Phi) is 2.00. The number of nitrogens with zero attached hydrogens (tertiary/aromatic N) is 2. The largest absolute Gasteiger partial charge is 0.442 e. The molecule has 0 bridgehead atoms. The van der Waals surface area contributed by atoms with Crippen molar-refractivity contribution in [2.45, 2.75) is 26.2 Å². The third-order valence-corrected chi connectivity index (χ3v) is 2.32. The van der Waals surface area contributed by atoms with Crippen LogP contribution < -0.4 is 0 Å². The van der Waals surface area contributed by atoms with E-state index in [2.05, 4.69) is 30.7 Å². The van der Waals surface area contributed by atoms with Crippen LogP contribution >= 0.6 is 11.6 Å². The molecule has 4 heteroatoms. The topological polar surface area (TPSA) is 38.9 Å². The first-order valence-electron chi connectivity index (χ1n) is 4.39. The highest BCUT2D eigenvalue weighted by molar-refractivity contribution is 6.33. The van der Waals surface area contributed by atoms with Crippen molar-refractivity contribution in [1.29, 1.82) is 0 Å². The van der Waals surface area contributed by atoms with Crippen molar-refractivity contribution in [2.24, 2.45) is 0 Å². The van der Waals surface area contributed by atoms with Gasteiger partial charge in [0.15, 0.2) is 0 Å². The summed E-state index contributed by atoms with van der Waals surface area (Å²) >= 11 is 5.91. The van der Waals surface area contributed by atoms with Crippen LogP contribution in [0.1, 0.15) is 26.5 Å². The number of hydrogen-bond acceptors (Lipinski definition) is 3. The van der Waals surface area contributed by atoms with Crippen molar-refractivity contribution in [3.05, 3.63) is 23.3 Å². The fourth-order valence-electron chi connectivity index (χ4n) is 1.20. The molecular formula is C10H11ClN2O. The van der Waals surface area contributed by atoms with E-state index < -0.39 is 0 Å². The highest BCUT2D eigenvalue weighted by atomic mass is 35.5. The minimum absolute atomic E-state index is 0.0377. The van der Waals surface area contributed by atoms with Crippen LogP contribution in [-0.4, -0.2) is 9.97 Å². The summed E-state index contributed by atoms with van der Waals surface area (Å²) < 4.78 is 5.58. The second-order valence-corrected chi connectivity index (χ2v) is 4.60. The molecule has 0 saturated heterocycles.